The van der Waals surface area contributed by atoms with Crippen molar-refractivity contribution < 1.29 is 19.4 Å². The SMILES string of the molecule is C/C(=N\NC(=O)C(O)(c1ccccc1)c1ccccc1)c1c(O)cc(C)oc1=O. The minimum absolute atomic E-state index is 0.0353. The van der Waals surface area contributed by atoms with Crippen molar-refractivity contribution in [2.75, 3.05) is 0 Å². The quantitative estimate of drug-likeness (QED) is 0.456. The van der Waals surface area contributed by atoms with Crippen LogP contribution < -0.4 is 11.1 Å². The monoisotopic (exact) mass is 392 g/mol. The molecule has 0 unspecified atom stereocenters. The number of nitrogens with zero attached hydrogens (tertiary/aromatic N) is 1. The average molecular weight is 392 g/mol. The lowest BCUT2D eigenvalue weighted by molar-refractivity contribution is -0.136. The molecule has 0 aliphatic carbocycles. The molecule has 7 nitrogen and oxygen atoms in total. The molecule has 0 fully saturated rings. The van der Waals surface area contributed by atoms with Crippen LogP contribution in [0.1, 0.15) is 29.4 Å². The van der Waals surface area contributed by atoms with E-state index in [-0.39, 0.29) is 22.8 Å². The zero-order chi connectivity index (χ0) is 21.0. The van der Waals surface area contributed by atoms with E-state index in [9.17, 15) is 19.8 Å². The minimum Gasteiger partial charge on any atom is -0.507 e. The third-order valence-electron chi connectivity index (χ3n) is 4.45. The molecule has 3 N–H and O–H groups in total. The highest BCUT2D eigenvalue weighted by Crippen LogP contribution is 2.29. The van der Waals surface area contributed by atoms with Gasteiger partial charge in [-0.1, -0.05) is 60.7 Å². The molecule has 0 atom stereocenters. The molecule has 0 radical (unpaired) electrons. The fraction of sp³-hybridized carbons (Fsp3) is 0.136. The van der Waals surface area contributed by atoms with Crippen LogP contribution in [-0.4, -0.2) is 21.8 Å². The molecule has 29 heavy (non-hydrogen) atoms. The zero-order valence-electron chi connectivity index (χ0n) is 15.9. The second-order valence-electron chi connectivity index (χ2n) is 6.49. The molecule has 0 aliphatic rings. The smallest absolute Gasteiger partial charge is 0.348 e. The van der Waals surface area contributed by atoms with Crippen molar-refractivity contribution in [2.24, 2.45) is 5.10 Å². The molecule has 1 aromatic heterocycles. The number of aromatic hydroxyl groups is 1. The maximum Gasteiger partial charge on any atom is 0.348 e. The zero-order valence-corrected chi connectivity index (χ0v) is 15.9. The molecule has 3 aromatic rings. The van der Waals surface area contributed by atoms with Crippen LogP contribution >= 0.6 is 0 Å². The summed E-state index contributed by atoms with van der Waals surface area (Å²) in [5, 5.41) is 25.3. The molecule has 1 amide bonds. The highest BCUT2D eigenvalue weighted by atomic mass is 16.4. The first-order valence-electron chi connectivity index (χ1n) is 8.86. The molecule has 0 saturated carbocycles. The van der Waals surface area contributed by atoms with E-state index >= 15 is 0 Å². The molecule has 1 heterocycles. The molecule has 2 aromatic carbocycles. The lowest BCUT2D eigenvalue weighted by atomic mass is 9.85. The standard InChI is InChI=1S/C22H20N2O5/c1-14-13-18(25)19(20(26)29-14)15(2)23-24-21(27)22(28,16-9-5-3-6-10-16)17-11-7-4-8-12-17/h3-13,25,28H,1-2H3,(H,24,27)/b23-15+. The Morgan fingerprint density at radius 3 is 2.03 bits per heavy atom. The van der Waals surface area contributed by atoms with Gasteiger partial charge in [0.2, 0.25) is 0 Å². The van der Waals surface area contributed by atoms with Crippen molar-refractivity contribution in [2.45, 2.75) is 19.4 Å². The van der Waals surface area contributed by atoms with Crippen molar-refractivity contribution in [3.63, 3.8) is 0 Å². The van der Waals surface area contributed by atoms with Crippen LogP contribution in [-0.2, 0) is 10.4 Å². The van der Waals surface area contributed by atoms with Crippen LogP contribution in [0.2, 0.25) is 0 Å². The molecule has 0 aliphatic heterocycles. The van der Waals surface area contributed by atoms with E-state index in [0.717, 1.165) is 0 Å². The van der Waals surface area contributed by atoms with Gasteiger partial charge in [-0.15, -0.1) is 0 Å². The molecule has 3 rings (SSSR count). The molecular weight excluding hydrogens is 372 g/mol. The Labute approximate surface area is 167 Å². The number of benzene rings is 2. The van der Waals surface area contributed by atoms with E-state index in [2.05, 4.69) is 10.5 Å². The van der Waals surface area contributed by atoms with E-state index in [0.29, 0.717) is 11.1 Å². The molecule has 7 heteroatoms. The predicted molar refractivity (Wildman–Crippen MR) is 108 cm³/mol. The first-order valence-corrected chi connectivity index (χ1v) is 8.86. The number of aliphatic hydroxyl groups is 1. The van der Waals surface area contributed by atoms with Gasteiger partial charge in [-0.2, -0.15) is 5.10 Å². The van der Waals surface area contributed by atoms with Gasteiger partial charge in [0.1, 0.15) is 17.1 Å². The molecule has 0 spiro atoms. The Balaban J connectivity index is 1.98. The fourth-order valence-electron chi connectivity index (χ4n) is 2.99. The molecule has 0 saturated heterocycles. The minimum atomic E-state index is -2.01. The van der Waals surface area contributed by atoms with Gasteiger partial charge in [0.15, 0.2) is 5.60 Å². The summed E-state index contributed by atoms with van der Waals surface area (Å²) in [6, 6.07) is 18.2. The highest BCUT2D eigenvalue weighted by Gasteiger charge is 2.40. The maximum atomic E-state index is 13.0. The van der Waals surface area contributed by atoms with Crippen molar-refractivity contribution in [1.29, 1.82) is 0 Å². The van der Waals surface area contributed by atoms with Crippen LogP contribution in [0.5, 0.6) is 5.75 Å². The van der Waals surface area contributed by atoms with E-state index < -0.39 is 17.1 Å². The molecule has 148 valence electrons. The average Bonchev–Trinajstić information content (AvgIpc) is 2.72. The van der Waals surface area contributed by atoms with Crippen molar-refractivity contribution in [3.8, 4) is 5.75 Å². The summed E-state index contributed by atoms with van der Waals surface area (Å²) < 4.78 is 4.96. The number of amides is 1. The van der Waals surface area contributed by atoms with E-state index in [4.69, 9.17) is 4.42 Å². The number of nitrogens with one attached hydrogen (secondary N) is 1. The summed E-state index contributed by atoms with van der Waals surface area (Å²) in [6.07, 6.45) is 0. The Morgan fingerprint density at radius 1 is 1.03 bits per heavy atom. The lowest BCUT2D eigenvalue weighted by Gasteiger charge is -2.27. The van der Waals surface area contributed by atoms with Gasteiger partial charge < -0.3 is 14.6 Å². The predicted octanol–water partition coefficient (Wildman–Crippen LogP) is 2.43. The number of carbonyl (C=O) groups is 1. The van der Waals surface area contributed by atoms with Crippen LogP contribution in [0.3, 0.4) is 0 Å². The second-order valence-corrected chi connectivity index (χ2v) is 6.49. The lowest BCUT2D eigenvalue weighted by Crippen LogP contribution is -2.44. The van der Waals surface area contributed by atoms with Crippen molar-refractivity contribution >= 4 is 11.6 Å². The number of hydrogen-bond acceptors (Lipinski definition) is 6. The highest BCUT2D eigenvalue weighted by molar-refractivity contribution is 6.01. The van der Waals surface area contributed by atoms with Crippen LogP contribution in [0.15, 0.2) is 81.0 Å². The largest absolute Gasteiger partial charge is 0.507 e. The second kappa shape index (κ2) is 8.12. The first kappa shape index (κ1) is 20.0. The third-order valence-corrected chi connectivity index (χ3v) is 4.45. The fourth-order valence-corrected chi connectivity index (χ4v) is 2.99. The Kier molecular flexibility index (Phi) is 5.61. The summed E-state index contributed by atoms with van der Waals surface area (Å²) in [5.74, 6) is -0.878. The summed E-state index contributed by atoms with van der Waals surface area (Å²) in [5.41, 5.74) is 0.0880. The van der Waals surface area contributed by atoms with Crippen LogP contribution in [0, 0.1) is 6.92 Å². The summed E-state index contributed by atoms with van der Waals surface area (Å²) >= 11 is 0. The van der Waals surface area contributed by atoms with E-state index in [1.807, 2.05) is 0 Å². The number of carbonyl (C=O) groups excluding carboxylic acids is 1. The Hall–Kier alpha value is -3.71. The number of aryl methyl sites for hydroxylation is 1. The van der Waals surface area contributed by atoms with Crippen LogP contribution in [0.4, 0.5) is 0 Å². The number of hydrogen-bond donors (Lipinski definition) is 3. The number of hydrazone groups is 1. The van der Waals surface area contributed by atoms with Crippen LogP contribution in [0.25, 0.3) is 0 Å². The third kappa shape index (κ3) is 3.95. The topological polar surface area (TPSA) is 112 Å². The van der Waals surface area contributed by atoms with Gasteiger partial charge in [-0.3, -0.25) is 4.79 Å². The van der Waals surface area contributed by atoms with Gasteiger partial charge in [-0.25, -0.2) is 10.2 Å². The summed E-state index contributed by atoms with van der Waals surface area (Å²) in [4.78, 5) is 25.0. The number of rotatable bonds is 5. The van der Waals surface area contributed by atoms with Crippen molar-refractivity contribution in [1.82, 2.24) is 5.43 Å². The molecule has 0 bridgehead atoms. The Bertz CT molecular complexity index is 1070. The van der Waals surface area contributed by atoms with E-state index in [1.165, 1.54) is 19.9 Å². The van der Waals surface area contributed by atoms with Gasteiger partial charge in [0.05, 0.1) is 5.71 Å². The molecular formula is C22H20N2O5. The summed E-state index contributed by atoms with van der Waals surface area (Å²) in [6.45, 7) is 2.96. The van der Waals surface area contributed by atoms with Gasteiger partial charge >= 0.3 is 5.63 Å². The van der Waals surface area contributed by atoms with Gasteiger partial charge in [0, 0.05) is 6.07 Å². The van der Waals surface area contributed by atoms with Gasteiger partial charge in [0.25, 0.3) is 5.91 Å². The summed E-state index contributed by atoms with van der Waals surface area (Å²) in [7, 11) is 0. The maximum absolute atomic E-state index is 13.0. The van der Waals surface area contributed by atoms with Crippen molar-refractivity contribution in [3.05, 3.63) is 99.6 Å². The normalized spacial score (nSPS) is 11.9. The Morgan fingerprint density at radius 2 is 1.55 bits per heavy atom. The van der Waals surface area contributed by atoms with E-state index in [1.54, 1.807) is 60.7 Å². The van der Waals surface area contributed by atoms with Gasteiger partial charge in [-0.05, 0) is 25.0 Å². The first-order chi connectivity index (χ1) is 13.8.